The molecule has 0 aliphatic heterocycles. The summed E-state index contributed by atoms with van der Waals surface area (Å²) in [4.78, 5) is 29.9. The van der Waals surface area contributed by atoms with Gasteiger partial charge >= 0.3 is 5.97 Å². The predicted octanol–water partition coefficient (Wildman–Crippen LogP) is 3.08. The van der Waals surface area contributed by atoms with Gasteiger partial charge in [-0.15, -0.1) is 0 Å². The molecule has 2 rings (SSSR count). The quantitative estimate of drug-likeness (QED) is 0.548. The Balaban J connectivity index is 2.05. The number of amides is 1. The average molecular weight is 338 g/mol. The summed E-state index contributed by atoms with van der Waals surface area (Å²) in [5, 5.41) is 0. The van der Waals surface area contributed by atoms with Crippen molar-refractivity contribution in [2.75, 3.05) is 13.2 Å². The molecule has 5 nitrogen and oxygen atoms in total. The Labute approximate surface area is 147 Å². The lowest BCUT2D eigenvalue weighted by atomic mass is 10.2. The Bertz CT molecular complexity index is 699. The van der Waals surface area contributed by atoms with Crippen LogP contribution in [0.25, 0.3) is 6.08 Å². The van der Waals surface area contributed by atoms with Crippen LogP contribution in [0.4, 0.5) is 0 Å². The van der Waals surface area contributed by atoms with E-state index in [1.165, 1.54) is 6.08 Å². The molecule has 130 valence electrons. The molecular formula is C20H22N2O3. The molecule has 5 heteroatoms. The number of carbonyl (C=O) groups is 2. The van der Waals surface area contributed by atoms with Gasteiger partial charge in [0.1, 0.15) is 0 Å². The molecule has 1 aromatic heterocycles. The van der Waals surface area contributed by atoms with Crippen LogP contribution in [0, 0.1) is 0 Å². The summed E-state index contributed by atoms with van der Waals surface area (Å²) in [6.07, 6.45) is 6.86. The molecule has 0 fully saturated rings. The average Bonchev–Trinajstić information content (AvgIpc) is 2.65. The van der Waals surface area contributed by atoms with Crippen molar-refractivity contribution in [2.45, 2.75) is 19.9 Å². The van der Waals surface area contributed by atoms with Gasteiger partial charge < -0.3 is 9.64 Å². The van der Waals surface area contributed by atoms with Crippen molar-refractivity contribution < 1.29 is 14.3 Å². The van der Waals surface area contributed by atoms with Crippen LogP contribution in [0.15, 0.2) is 60.9 Å². The van der Waals surface area contributed by atoms with Crippen LogP contribution in [-0.4, -0.2) is 34.9 Å². The SMILES string of the molecule is CCOC(=O)CCN(Cc1cccnc1)C(=O)/C=C/c1ccccc1. The van der Waals surface area contributed by atoms with Gasteiger partial charge in [-0.3, -0.25) is 14.6 Å². The lowest BCUT2D eigenvalue weighted by molar-refractivity contribution is -0.143. The maximum atomic E-state index is 12.6. The van der Waals surface area contributed by atoms with Crippen molar-refractivity contribution in [2.24, 2.45) is 0 Å². The zero-order chi connectivity index (χ0) is 17.9. The van der Waals surface area contributed by atoms with E-state index < -0.39 is 0 Å². The van der Waals surface area contributed by atoms with Crippen LogP contribution in [0.2, 0.25) is 0 Å². The summed E-state index contributed by atoms with van der Waals surface area (Å²) >= 11 is 0. The number of carbonyl (C=O) groups excluding carboxylic acids is 2. The molecule has 1 aromatic carbocycles. The van der Waals surface area contributed by atoms with E-state index in [-0.39, 0.29) is 18.3 Å². The first-order valence-corrected chi connectivity index (χ1v) is 8.25. The summed E-state index contributed by atoms with van der Waals surface area (Å²) in [5.74, 6) is -0.462. The molecule has 25 heavy (non-hydrogen) atoms. The van der Waals surface area contributed by atoms with Crippen LogP contribution in [0.3, 0.4) is 0 Å². The molecule has 0 saturated carbocycles. The molecule has 1 amide bonds. The molecule has 0 aliphatic rings. The molecule has 0 saturated heterocycles. The third kappa shape index (κ3) is 6.59. The van der Waals surface area contributed by atoms with Crippen LogP contribution in [-0.2, 0) is 20.9 Å². The third-order valence-corrected chi connectivity index (χ3v) is 3.52. The number of hydrogen-bond acceptors (Lipinski definition) is 4. The minimum absolute atomic E-state index is 0.156. The lowest BCUT2D eigenvalue weighted by Crippen LogP contribution is -2.31. The zero-order valence-corrected chi connectivity index (χ0v) is 14.3. The van der Waals surface area contributed by atoms with E-state index in [2.05, 4.69) is 4.98 Å². The van der Waals surface area contributed by atoms with Gasteiger partial charge in [0.15, 0.2) is 0 Å². The molecule has 2 aromatic rings. The van der Waals surface area contributed by atoms with Gasteiger partial charge in [0.2, 0.25) is 5.91 Å². The van der Waals surface area contributed by atoms with Gasteiger partial charge in [-0.1, -0.05) is 36.4 Å². The first kappa shape index (κ1) is 18.4. The standard InChI is InChI=1S/C20H22N2O3/c1-2-25-20(24)12-14-22(16-18-9-6-13-21-15-18)19(23)11-10-17-7-4-3-5-8-17/h3-11,13,15H,2,12,14,16H2,1H3/b11-10+. The minimum atomic E-state index is -0.307. The van der Waals surface area contributed by atoms with Crippen molar-refractivity contribution in [1.29, 1.82) is 0 Å². The van der Waals surface area contributed by atoms with Gasteiger partial charge in [-0.25, -0.2) is 0 Å². The Kier molecular flexibility index (Phi) is 7.38. The number of benzene rings is 1. The summed E-state index contributed by atoms with van der Waals surface area (Å²) in [5.41, 5.74) is 1.86. The maximum absolute atomic E-state index is 12.6. The summed E-state index contributed by atoms with van der Waals surface area (Å²) in [6, 6.07) is 13.3. The highest BCUT2D eigenvalue weighted by atomic mass is 16.5. The Morgan fingerprint density at radius 2 is 1.96 bits per heavy atom. The van der Waals surface area contributed by atoms with Gasteiger partial charge in [0, 0.05) is 31.6 Å². The highest BCUT2D eigenvalue weighted by molar-refractivity contribution is 5.92. The summed E-state index contributed by atoms with van der Waals surface area (Å²) in [7, 11) is 0. The van der Waals surface area contributed by atoms with Crippen molar-refractivity contribution in [1.82, 2.24) is 9.88 Å². The first-order valence-electron chi connectivity index (χ1n) is 8.25. The number of pyridine rings is 1. The number of hydrogen-bond donors (Lipinski definition) is 0. The monoisotopic (exact) mass is 338 g/mol. The lowest BCUT2D eigenvalue weighted by Gasteiger charge is -2.21. The predicted molar refractivity (Wildman–Crippen MR) is 96.4 cm³/mol. The van der Waals surface area contributed by atoms with Crippen LogP contribution in [0.5, 0.6) is 0 Å². The Morgan fingerprint density at radius 1 is 1.16 bits per heavy atom. The number of rotatable bonds is 8. The third-order valence-electron chi connectivity index (χ3n) is 3.52. The van der Waals surface area contributed by atoms with E-state index in [4.69, 9.17) is 4.74 Å². The molecule has 0 radical (unpaired) electrons. The van der Waals surface area contributed by atoms with E-state index in [0.717, 1.165) is 11.1 Å². The van der Waals surface area contributed by atoms with Gasteiger partial charge in [-0.05, 0) is 30.2 Å². The summed E-state index contributed by atoms with van der Waals surface area (Å²) < 4.78 is 4.94. The van der Waals surface area contributed by atoms with E-state index in [1.807, 2.05) is 42.5 Å². The van der Waals surface area contributed by atoms with E-state index in [1.54, 1.807) is 30.3 Å². The molecule has 0 unspecified atom stereocenters. The van der Waals surface area contributed by atoms with Crippen LogP contribution < -0.4 is 0 Å². The smallest absolute Gasteiger partial charge is 0.307 e. The Morgan fingerprint density at radius 3 is 2.64 bits per heavy atom. The second-order valence-electron chi connectivity index (χ2n) is 5.42. The van der Waals surface area contributed by atoms with Gasteiger partial charge in [0.05, 0.1) is 13.0 Å². The van der Waals surface area contributed by atoms with E-state index >= 15 is 0 Å². The number of esters is 1. The number of nitrogens with zero attached hydrogens (tertiary/aromatic N) is 2. The molecular weight excluding hydrogens is 316 g/mol. The molecule has 0 bridgehead atoms. The molecule has 1 heterocycles. The maximum Gasteiger partial charge on any atom is 0.307 e. The highest BCUT2D eigenvalue weighted by Gasteiger charge is 2.14. The molecule has 0 N–H and O–H groups in total. The fraction of sp³-hybridized carbons (Fsp3) is 0.250. The zero-order valence-electron chi connectivity index (χ0n) is 14.3. The molecule has 0 spiro atoms. The van der Waals surface area contributed by atoms with Crippen LogP contribution in [0.1, 0.15) is 24.5 Å². The topological polar surface area (TPSA) is 59.5 Å². The molecule has 0 aliphatic carbocycles. The van der Waals surface area contributed by atoms with E-state index in [0.29, 0.717) is 19.7 Å². The molecule has 0 atom stereocenters. The fourth-order valence-electron chi connectivity index (χ4n) is 2.28. The minimum Gasteiger partial charge on any atom is -0.466 e. The van der Waals surface area contributed by atoms with Crippen molar-refractivity contribution in [3.05, 3.63) is 72.1 Å². The van der Waals surface area contributed by atoms with Gasteiger partial charge in [-0.2, -0.15) is 0 Å². The normalized spacial score (nSPS) is 10.6. The number of ether oxygens (including phenoxy) is 1. The highest BCUT2D eigenvalue weighted by Crippen LogP contribution is 2.07. The van der Waals surface area contributed by atoms with Crippen molar-refractivity contribution in [3.63, 3.8) is 0 Å². The van der Waals surface area contributed by atoms with Gasteiger partial charge in [0.25, 0.3) is 0 Å². The fourth-order valence-corrected chi connectivity index (χ4v) is 2.28. The second kappa shape index (κ2) is 10.0. The van der Waals surface area contributed by atoms with Crippen molar-refractivity contribution in [3.8, 4) is 0 Å². The number of aromatic nitrogens is 1. The van der Waals surface area contributed by atoms with E-state index in [9.17, 15) is 9.59 Å². The first-order chi connectivity index (χ1) is 12.2. The second-order valence-corrected chi connectivity index (χ2v) is 5.42. The summed E-state index contributed by atoms with van der Waals surface area (Å²) in [6.45, 7) is 2.79. The largest absolute Gasteiger partial charge is 0.466 e. The van der Waals surface area contributed by atoms with Crippen LogP contribution >= 0.6 is 0 Å². The van der Waals surface area contributed by atoms with Crippen molar-refractivity contribution >= 4 is 18.0 Å². The Hall–Kier alpha value is -2.95.